The number of phenols is 1. The van der Waals surface area contributed by atoms with Crippen molar-refractivity contribution in [2.75, 3.05) is 0 Å². The Morgan fingerprint density at radius 2 is 1.94 bits per heavy atom. The summed E-state index contributed by atoms with van der Waals surface area (Å²) in [4.78, 5) is 10.3. The first-order valence-corrected chi connectivity index (χ1v) is 5.77. The Labute approximate surface area is 111 Å². The van der Waals surface area contributed by atoms with E-state index >= 15 is 0 Å². The maximum Gasteiger partial charge on any atom is 0.311 e. The van der Waals surface area contributed by atoms with Gasteiger partial charge in [0, 0.05) is 12.1 Å². The minimum absolute atomic E-state index is 0.00563. The Kier molecular flexibility index (Phi) is 3.47. The molecule has 0 aliphatic heterocycles. The lowest BCUT2D eigenvalue weighted by atomic mass is 10.3. The number of hydrogen-bond acceptors (Lipinski definition) is 4. The van der Waals surface area contributed by atoms with Gasteiger partial charge in [0.2, 0.25) is 5.75 Å². The predicted molar refractivity (Wildman–Crippen MR) is 69.0 cm³/mol. The molecule has 0 heterocycles. The first-order chi connectivity index (χ1) is 8.58. The van der Waals surface area contributed by atoms with Crippen LogP contribution in [0.2, 0.25) is 0 Å². The molecular formula is C12H8BrNO4. The molecule has 5 nitrogen and oxygen atoms in total. The van der Waals surface area contributed by atoms with Gasteiger partial charge in [-0.05, 0) is 34.1 Å². The molecular weight excluding hydrogens is 302 g/mol. The molecule has 2 aromatic carbocycles. The zero-order chi connectivity index (χ0) is 13.1. The molecule has 6 heteroatoms. The van der Waals surface area contributed by atoms with Crippen LogP contribution in [0.3, 0.4) is 0 Å². The average molecular weight is 310 g/mol. The van der Waals surface area contributed by atoms with Gasteiger partial charge in [-0.2, -0.15) is 0 Å². The highest BCUT2D eigenvalue weighted by atomic mass is 79.9. The van der Waals surface area contributed by atoms with Crippen LogP contribution in [0.15, 0.2) is 46.9 Å². The van der Waals surface area contributed by atoms with Gasteiger partial charge in [-0.1, -0.05) is 12.1 Å². The highest BCUT2D eigenvalue weighted by Crippen LogP contribution is 2.34. The van der Waals surface area contributed by atoms with Crippen molar-refractivity contribution < 1.29 is 14.8 Å². The SMILES string of the molecule is O=[N+]([O-])c1ccccc1Oc1ccc(Br)c(O)c1. The molecule has 0 atom stereocenters. The normalized spacial score (nSPS) is 10.1. The smallest absolute Gasteiger partial charge is 0.311 e. The first-order valence-electron chi connectivity index (χ1n) is 4.97. The standard InChI is InChI=1S/C12H8BrNO4/c13-9-6-5-8(7-11(9)15)18-12-4-2-1-3-10(12)14(16)17/h1-7,15H. The van der Waals surface area contributed by atoms with E-state index in [1.807, 2.05) is 0 Å². The molecule has 0 bridgehead atoms. The second-order valence-electron chi connectivity index (χ2n) is 3.44. The van der Waals surface area contributed by atoms with Crippen LogP contribution in [0.4, 0.5) is 5.69 Å². The van der Waals surface area contributed by atoms with Gasteiger partial charge in [-0.3, -0.25) is 10.1 Å². The van der Waals surface area contributed by atoms with Crippen LogP contribution in [0.5, 0.6) is 17.2 Å². The molecule has 0 amide bonds. The molecule has 0 aliphatic rings. The number of phenolic OH excluding ortho intramolecular Hbond substituents is 1. The van der Waals surface area contributed by atoms with Gasteiger partial charge in [0.25, 0.3) is 0 Å². The van der Waals surface area contributed by atoms with E-state index in [-0.39, 0.29) is 17.2 Å². The third-order valence-corrected chi connectivity index (χ3v) is 2.88. The van der Waals surface area contributed by atoms with Crippen LogP contribution in [0, 0.1) is 10.1 Å². The van der Waals surface area contributed by atoms with E-state index in [4.69, 9.17) is 4.74 Å². The maximum absolute atomic E-state index is 10.8. The van der Waals surface area contributed by atoms with Gasteiger partial charge in [0.05, 0.1) is 9.40 Å². The number of benzene rings is 2. The topological polar surface area (TPSA) is 72.6 Å². The van der Waals surface area contributed by atoms with E-state index in [0.717, 1.165) is 0 Å². The van der Waals surface area contributed by atoms with Gasteiger partial charge in [-0.15, -0.1) is 0 Å². The highest BCUT2D eigenvalue weighted by Gasteiger charge is 2.14. The second-order valence-corrected chi connectivity index (χ2v) is 4.29. The zero-order valence-electron chi connectivity index (χ0n) is 9.04. The molecule has 0 radical (unpaired) electrons. The fourth-order valence-electron chi connectivity index (χ4n) is 1.38. The van der Waals surface area contributed by atoms with Crippen LogP contribution in [0.25, 0.3) is 0 Å². The summed E-state index contributed by atoms with van der Waals surface area (Å²) in [5.74, 6) is 0.459. The van der Waals surface area contributed by atoms with Crippen LogP contribution in [-0.2, 0) is 0 Å². The van der Waals surface area contributed by atoms with Crippen molar-refractivity contribution in [1.82, 2.24) is 0 Å². The van der Waals surface area contributed by atoms with Crippen molar-refractivity contribution >= 4 is 21.6 Å². The highest BCUT2D eigenvalue weighted by molar-refractivity contribution is 9.10. The van der Waals surface area contributed by atoms with Gasteiger partial charge < -0.3 is 9.84 Å². The number of para-hydroxylation sites is 2. The summed E-state index contributed by atoms with van der Waals surface area (Å²) >= 11 is 3.14. The number of nitro groups is 1. The fourth-order valence-corrected chi connectivity index (χ4v) is 1.62. The number of rotatable bonds is 3. The lowest BCUT2D eigenvalue weighted by Gasteiger charge is -2.06. The van der Waals surface area contributed by atoms with Gasteiger partial charge in [-0.25, -0.2) is 0 Å². The number of nitrogens with zero attached hydrogens (tertiary/aromatic N) is 1. The third kappa shape index (κ3) is 2.60. The number of nitro benzene ring substituents is 1. The first kappa shape index (κ1) is 12.4. The predicted octanol–water partition coefficient (Wildman–Crippen LogP) is 3.86. The summed E-state index contributed by atoms with van der Waals surface area (Å²) < 4.78 is 5.91. The molecule has 2 aromatic rings. The summed E-state index contributed by atoms with van der Waals surface area (Å²) in [5, 5.41) is 20.3. The molecule has 0 spiro atoms. The zero-order valence-corrected chi connectivity index (χ0v) is 10.6. The van der Waals surface area contributed by atoms with Gasteiger partial charge in [0.15, 0.2) is 0 Å². The molecule has 2 rings (SSSR count). The van der Waals surface area contributed by atoms with Crippen molar-refractivity contribution in [3.63, 3.8) is 0 Å². The molecule has 1 N–H and O–H groups in total. The van der Waals surface area contributed by atoms with Gasteiger partial charge >= 0.3 is 5.69 Å². The van der Waals surface area contributed by atoms with Gasteiger partial charge in [0.1, 0.15) is 11.5 Å². The summed E-state index contributed by atoms with van der Waals surface area (Å²) in [6.07, 6.45) is 0. The van der Waals surface area contributed by atoms with Crippen molar-refractivity contribution in [3.05, 3.63) is 57.1 Å². The Bertz CT molecular complexity index is 600. The Balaban J connectivity index is 2.34. The third-order valence-electron chi connectivity index (χ3n) is 2.21. The van der Waals surface area contributed by atoms with E-state index in [0.29, 0.717) is 10.2 Å². The van der Waals surface area contributed by atoms with Crippen LogP contribution >= 0.6 is 15.9 Å². The van der Waals surface area contributed by atoms with Crippen molar-refractivity contribution in [2.24, 2.45) is 0 Å². The number of halogens is 1. The number of ether oxygens (including phenoxy) is 1. The lowest BCUT2D eigenvalue weighted by Crippen LogP contribution is -1.92. The fraction of sp³-hybridized carbons (Fsp3) is 0. The van der Waals surface area contributed by atoms with Crippen LogP contribution < -0.4 is 4.74 Å². The Morgan fingerprint density at radius 1 is 1.22 bits per heavy atom. The van der Waals surface area contributed by atoms with Crippen LogP contribution in [-0.4, -0.2) is 10.0 Å². The molecule has 0 aromatic heterocycles. The summed E-state index contributed by atoms with van der Waals surface area (Å²) in [6.45, 7) is 0. The van der Waals surface area contributed by atoms with Crippen molar-refractivity contribution in [3.8, 4) is 17.2 Å². The van der Waals surface area contributed by atoms with Crippen LogP contribution in [0.1, 0.15) is 0 Å². The number of hydrogen-bond donors (Lipinski definition) is 1. The van der Waals surface area contributed by atoms with E-state index in [1.54, 1.807) is 24.3 Å². The maximum atomic E-state index is 10.8. The molecule has 0 fully saturated rings. The summed E-state index contributed by atoms with van der Waals surface area (Å²) in [5.41, 5.74) is -0.125. The van der Waals surface area contributed by atoms with Crippen molar-refractivity contribution in [2.45, 2.75) is 0 Å². The second kappa shape index (κ2) is 5.05. The molecule has 0 saturated heterocycles. The number of aromatic hydroxyl groups is 1. The monoisotopic (exact) mass is 309 g/mol. The Morgan fingerprint density at radius 3 is 2.61 bits per heavy atom. The van der Waals surface area contributed by atoms with E-state index in [9.17, 15) is 15.2 Å². The quantitative estimate of drug-likeness (QED) is 0.690. The van der Waals surface area contributed by atoms with E-state index in [2.05, 4.69) is 15.9 Å². The van der Waals surface area contributed by atoms with Crippen molar-refractivity contribution in [1.29, 1.82) is 0 Å². The Hall–Kier alpha value is -2.08. The summed E-state index contributed by atoms with van der Waals surface area (Å²) in [6, 6.07) is 10.6. The molecule has 0 aliphatic carbocycles. The molecule has 92 valence electrons. The molecule has 0 unspecified atom stereocenters. The average Bonchev–Trinajstić information content (AvgIpc) is 2.34. The minimum atomic E-state index is -0.520. The van der Waals surface area contributed by atoms with E-state index < -0.39 is 4.92 Å². The minimum Gasteiger partial charge on any atom is -0.507 e. The lowest BCUT2D eigenvalue weighted by molar-refractivity contribution is -0.385. The summed E-state index contributed by atoms with van der Waals surface area (Å²) in [7, 11) is 0. The molecule has 0 saturated carbocycles. The molecule has 18 heavy (non-hydrogen) atoms. The van der Waals surface area contributed by atoms with E-state index in [1.165, 1.54) is 18.2 Å². The largest absolute Gasteiger partial charge is 0.507 e.